The van der Waals surface area contributed by atoms with Crippen molar-refractivity contribution >= 4 is 17.5 Å². The molecule has 1 saturated carbocycles. The predicted octanol–water partition coefficient (Wildman–Crippen LogP) is 2.85. The van der Waals surface area contributed by atoms with Crippen molar-refractivity contribution in [1.29, 1.82) is 0 Å². The van der Waals surface area contributed by atoms with Crippen LogP contribution in [0.3, 0.4) is 0 Å². The second-order valence-corrected chi connectivity index (χ2v) is 5.82. The summed E-state index contributed by atoms with van der Waals surface area (Å²) in [6, 6.07) is 7.79. The summed E-state index contributed by atoms with van der Waals surface area (Å²) in [5.74, 6) is 0.510. The lowest BCUT2D eigenvalue weighted by molar-refractivity contribution is -0.122. The third-order valence-corrected chi connectivity index (χ3v) is 4.23. The standard InChI is InChI=1S/C16H18ClN3O/c17-15-5-2-1-4-12(15)13-10-14(13)16(21)19-6-3-8-20-9-7-18-11-20/h1-2,4-5,7,9,11,13-14H,3,6,8,10H2,(H,19,21). The fourth-order valence-electron chi connectivity index (χ4n) is 2.63. The van der Waals surface area contributed by atoms with Crippen LogP contribution < -0.4 is 5.32 Å². The van der Waals surface area contributed by atoms with Crippen molar-refractivity contribution in [2.75, 3.05) is 6.54 Å². The summed E-state index contributed by atoms with van der Waals surface area (Å²) in [5, 5.41) is 3.77. The molecule has 0 spiro atoms. The molecule has 21 heavy (non-hydrogen) atoms. The fourth-order valence-corrected chi connectivity index (χ4v) is 2.90. The first-order valence-corrected chi connectivity index (χ1v) is 7.61. The molecule has 0 radical (unpaired) electrons. The van der Waals surface area contributed by atoms with Crippen molar-refractivity contribution in [3.63, 3.8) is 0 Å². The molecule has 2 aromatic rings. The average molecular weight is 304 g/mol. The van der Waals surface area contributed by atoms with Crippen LogP contribution in [-0.4, -0.2) is 22.0 Å². The number of imidazole rings is 1. The summed E-state index contributed by atoms with van der Waals surface area (Å²) in [6.07, 6.45) is 7.28. The fraction of sp³-hybridized carbons (Fsp3) is 0.375. The largest absolute Gasteiger partial charge is 0.356 e. The molecule has 1 amide bonds. The quantitative estimate of drug-likeness (QED) is 0.834. The Morgan fingerprint density at radius 3 is 3.05 bits per heavy atom. The minimum absolute atomic E-state index is 0.0816. The third kappa shape index (κ3) is 3.45. The van der Waals surface area contributed by atoms with Crippen LogP contribution in [0.4, 0.5) is 0 Å². The number of aryl methyl sites for hydroxylation is 1. The maximum absolute atomic E-state index is 12.1. The van der Waals surface area contributed by atoms with Gasteiger partial charge in [0.1, 0.15) is 0 Å². The number of nitrogens with zero attached hydrogens (tertiary/aromatic N) is 2. The molecule has 2 atom stereocenters. The normalized spacial score (nSPS) is 20.2. The molecule has 2 unspecified atom stereocenters. The van der Waals surface area contributed by atoms with Crippen LogP contribution in [0.25, 0.3) is 0 Å². The minimum Gasteiger partial charge on any atom is -0.356 e. The topological polar surface area (TPSA) is 46.9 Å². The Bertz CT molecular complexity index is 612. The summed E-state index contributed by atoms with van der Waals surface area (Å²) < 4.78 is 2.01. The van der Waals surface area contributed by atoms with Crippen LogP contribution in [0.5, 0.6) is 0 Å². The minimum atomic E-state index is 0.0816. The molecule has 1 aromatic heterocycles. The van der Waals surface area contributed by atoms with E-state index in [1.807, 2.05) is 35.0 Å². The Balaban J connectivity index is 1.42. The number of benzene rings is 1. The molecule has 110 valence electrons. The van der Waals surface area contributed by atoms with Gasteiger partial charge in [0.15, 0.2) is 0 Å². The maximum atomic E-state index is 12.1. The summed E-state index contributed by atoms with van der Waals surface area (Å²) in [7, 11) is 0. The van der Waals surface area contributed by atoms with E-state index < -0.39 is 0 Å². The first-order chi connectivity index (χ1) is 10.3. The van der Waals surface area contributed by atoms with E-state index in [2.05, 4.69) is 10.3 Å². The van der Waals surface area contributed by atoms with E-state index in [4.69, 9.17) is 11.6 Å². The van der Waals surface area contributed by atoms with Crippen molar-refractivity contribution < 1.29 is 4.79 Å². The molecular weight excluding hydrogens is 286 g/mol. The van der Waals surface area contributed by atoms with Gasteiger partial charge in [-0.05, 0) is 30.4 Å². The van der Waals surface area contributed by atoms with Crippen LogP contribution in [0.1, 0.15) is 24.3 Å². The summed E-state index contributed by atoms with van der Waals surface area (Å²) in [6.45, 7) is 1.57. The number of nitrogens with one attached hydrogen (secondary N) is 1. The van der Waals surface area contributed by atoms with Gasteiger partial charge in [-0.15, -0.1) is 0 Å². The van der Waals surface area contributed by atoms with Crippen molar-refractivity contribution in [1.82, 2.24) is 14.9 Å². The number of carbonyl (C=O) groups excluding carboxylic acids is 1. The Hall–Kier alpha value is -1.81. The second-order valence-electron chi connectivity index (χ2n) is 5.42. The predicted molar refractivity (Wildman–Crippen MR) is 82.2 cm³/mol. The lowest BCUT2D eigenvalue weighted by Gasteiger charge is -2.06. The van der Waals surface area contributed by atoms with E-state index in [-0.39, 0.29) is 17.7 Å². The van der Waals surface area contributed by atoms with Gasteiger partial charge >= 0.3 is 0 Å². The molecule has 0 aliphatic heterocycles. The number of hydrogen-bond acceptors (Lipinski definition) is 2. The Kier molecular flexibility index (Phi) is 4.25. The number of rotatable bonds is 6. The van der Waals surface area contributed by atoms with E-state index in [0.29, 0.717) is 6.54 Å². The molecular formula is C16H18ClN3O. The molecule has 4 nitrogen and oxygen atoms in total. The maximum Gasteiger partial charge on any atom is 0.223 e. The molecule has 0 bridgehead atoms. The van der Waals surface area contributed by atoms with Gasteiger partial charge in [-0.3, -0.25) is 4.79 Å². The van der Waals surface area contributed by atoms with Crippen LogP contribution in [0.2, 0.25) is 5.02 Å². The molecule has 1 aliphatic carbocycles. The van der Waals surface area contributed by atoms with Gasteiger partial charge in [-0.2, -0.15) is 0 Å². The summed E-state index contributed by atoms with van der Waals surface area (Å²) in [5.41, 5.74) is 1.10. The van der Waals surface area contributed by atoms with Gasteiger partial charge < -0.3 is 9.88 Å². The smallest absolute Gasteiger partial charge is 0.223 e. The Labute approximate surface area is 129 Å². The van der Waals surface area contributed by atoms with Crippen molar-refractivity contribution in [2.45, 2.75) is 25.3 Å². The van der Waals surface area contributed by atoms with Crippen LogP contribution in [0.15, 0.2) is 43.0 Å². The Morgan fingerprint density at radius 2 is 2.29 bits per heavy atom. The van der Waals surface area contributed by atoms with Crippen LogP contribution in [-0.2, 0) is 11.3 Å². The van der Waals surface area contributed by atoms with E-state index in [1.54, 1.807) is 12.5 Å². The van der Waals surface area contributed by atoms with Gasteiger partial charge in [0.25, 0.3) is 0 Å². The van der Waals surface area contributed by atoms with E-state index in [9.17, 15) is 4.79 Å². The Morgan fingerprint density at radius 1 is 1.43 bits per heavy atom. The molecule has 1 N–H and O–H groups in total. The van der Waals surface area contributed by atoms with Crippen LogP contribution in [0, 0.1) is 5.92 Å². The number of hydrogen-bond donors (Lipinski definition) is 1. The molecule has 1 heterocycles. The number of amides is 1. The van der Waals surface area contributed by atoms with Crippen molar-refractivity contribution in [3.05, 3.63) is 53.6 Å². The number of halogens is 1. The molecule has 0 saturated heterocycles. The SMILES string of the molecule is O=C(NCCCn1ccnc1)C1CC1c1ccccc1Cl. The highest BCUT2D eigenvalue weighted by molar-refractivity contribution is 6.31. The molecule has 1 fully saturated rings. The lowest BCUT2D eigenvalue weighted by atomic mass is 10.1. The van der Waals surface area contributed by atoms with Gasteiger partial charge in [0.2, 0.25) is 5.91 Å². The monoisotopic (exact) mass is 303 g/mol. The molecule has 1 aromatic carbocycles. The summed E-state index contributed by atoms with van der Waals surface area (Å²) >= 11 is 6.17. The van der Waals surface area contributed by atoms with Gasteiger partial charge in [0.05, 0.1) is 6.33 Å². The molecule has 5 heteroatoms. The highest BCUT2D eigenvalue weighted by Crippen LogP contribution is 2.49. The van der Waals surface area contributed by atoms with E-state index in [0.717, 1.165) is 30.0 Å². The van der Waals surface area contributed by atoms with E-state index >= 15 is 0 Å². The van der Waals surface area contributed by atoms with Gasteiger partial charge in [-0.1, -0.05) is 29.8 Å². The van der Waals surface area contributed by atoms with Crippen molar-refractivity contribution in [3.8, 4) is 0 Å². The van der Waals surface area contributed by atoms with E-state index in [1.165, 1.54) is 0 Å². The summed E-state index contributed by atoms with van der Waals surface area (Å²) in [4.78, 5) is 16.1. The number of aromatic nitrogens is 2. The van der Waals surface area contributed by atoms with Gasteiger partial charge in [0, 0.05) is 36.4 Å². The second kappa shape index (κ2) is 6.31. The van der Waals surface area contributed by atoms with Crippen LogP contribution >= 0.6 is 11.6 Å². The number of carbonyl (C=O) groups is 1. The van der Waals surface area contributed by atoms with Crippen molar-refractivity contribution in [2.24, 2.45) is 5.92 Å². The zero-order valence-electron chi connectivity index (χ0n) is 11.7. The highest BCUT2D eigenvalue weighted by atomic mass is 35.5. The first kappa shape index (κ1) is 14.1. The highest BCUT2D eigenvalue weighted by Gasteiger charge is 2.44. The van der Waals surface area contributed by atoms with Gasteiger partial charge in [-0.25, -0.2) is 4.98 Å². The molecule has 1 aliphatic rings. The zero-order valence-corrected chi connectivity index (χ0v) is 12.5. The average Bonchev–Trinajstić information content (AvgIpc) is 3.11. The molecule has 3 rings (SSSR count). The lowest BCUT2D eigenvalue weighted by Crippen LogP contribution is -2.27. The first-order valence-electron chi connectivity index (χ1n) is 7.23. The zero-order chi connectivity index (χ0) is 14.7. The third-order valence-electron chi connectivity index (χ3n) is 3.88.